The molecule has 0 spiro atoms. The number of hydrogen-bond donors (Lipinski definition) is 2. The number of aromatic nitrogens is 1. The zero-order valence-corrected chi connectivity index (χ0v) is 19.1. The van der Waals surface area contributed by atoms with Crippen molar-refractivity contribution < 1.29 is 9.47 Å². The number of guanidine groups is 1. The molecule has 0 amide bonds. The van der Waals surface area contributed by atoms with Crippen molar-refractivity contribution >= 4 is 35.8 Å². The largest absolute Gasteiger partial charge is 0.381 e. The van der Waals surface area contributed by atoms with Gasteiger partial charge in [-0.1, -0.05) is 6.07 Å². The fraction of sp³-hybridized carbons (Fsp3) is 0.684. The first-order chi connectivity index (χ1) is 12.7. The summed E-state index contributed by atoms with van der Waals surface area (Å²) in [7, 11) is 5.76. The van der Waals surface area contributed by atoms with Crippen LogP contribution >= 0.6 is 24.0 Å². The summed E-state index contributed by atoms with van der Waals surface area (Å²) in [5.41, 5.74) is 0.985. The van der Waals surface area contributed by atoms with E-state index in [-0.39, 0.29) is 24.0 Å². The molecule has 0 unspecified atom stereocenters. The van der Waals surface area contributed by atoms with Crippen LogP contribution in [0.25, 0.3) is 0 Å². The van der Waals surface area contributed by atoms with Gasteiger partial charge < -0.3 is 25.0 Å². The standard InChI is InChI=1S/C19H33N5O2.HI/c1-20-19(22-14-17-6-4-7-18(23-17)24(2)3)21-10-5-11-26-15-16-8-12-25-13-9-16;/h4,6-7,16H,5,8-15H2,1-3H3,(H2,20,21,22);1H. The Bertz CT molecular complexity index is 551. The summed E-state index contributed by atoms with van der Waals surface area (Å²) >= 11 is 0. The maximum absolute atomic E-state index is 5.78. The number of hydrogen-bond acceptors (Lipinski definition) is 5. The maximum Gasteiger partial charge on any atom is 0.191 e. The van der Waals surface area contributed by atoms with Crippen LogP contribution in [0.2, 0.25) is 0 Å². The van der Waals surface area contributed by atoms with Gasteiger partial charge >= 0.3 is 0 Å². The topological polar surface area (TPSA) is 71.0 Å². The third-order valence-corrected chi connectivity index (χ3v) is 4.36. The monoisotopic (exact) mass is 491 g/mol. The zero-order chi connectivity index (χ0) is 18.6. The molecular formula is C19H34IN5O2. The third-order valence-electron chi connectivity index (χ3n) is 4.36. The minimum Gasteiger partial charge on any atom is -0.381 e. The van der Waals surface area contributed by atoms with Gasteiger partial charge in [0.1, 0.15) is 5.82 Å². The lowest BCUT2D eigenvalue weighted by Crippen LogP contribution is -2.37. The van der Waals surface area contributed by atoms with Gasteiger partial charge in [-0.2, -0.15) is 0 Å². The van der Waals surface area contributed by atoms with Crippen LogP contribution in [-0.2, 0) is 16.0 Å². The van der Waals surface area contributed by atoms with Gasteiger partial charge in [0.05, 0.1) is 12.2 Å². The van der Waals surface area contributed by atoms with Crippen LogP contribution in [0.1, 0.15) is 25.0 Å². The predicted octanol–water partition coefficient (Wildman–Crippen LogP) is 2.26. The molecule has 7 nitrogen and oxygen atoms in total. The number of nitrogens with one attached hydrogen (secondary N) is 2. The van der Waals surface area contributed by atoms with Crippen molar-refractivity contribution in [1.29, 1.82) is 0 Å². The van der Waals surface area contributed by atoms with Crippen molar-refractivity contribution in [3.8, 4) is 0 Å². The summed E-state index contributed by atoms with van der Waals surface area (Å²) in [6.07, 6.45) is 3.20. The van der Waals surface area contributed by atoms with Crippen LogP contribution in [-0.4, -0.2) is 65.1 Å². The molecule has 1 aliphatic rings. The molecule has 2 heterocycles. The van der Waals surface area contributed by atoms with E-state index in [0.29, 0.717) is 12.5 Å². The van der Waals surface area contributed by atoms with Crippen molar-refractivity contribution in [2.24, 2.45) is 10.9 Å². The number of pyridine rings is 1. The lowest BCUT2D eigenvalue weighted by Gasteiger charge is -2.21. The van der Waals surface area contributed by atoms with Crippen LogP contribution < -0.4 is 15.5 Å². The molecule has 2 rings (SSSR count). The van der Waals surface area contributed by atoms with E-state index < -0.39 is 0 Å². The second-order valence-corrected chi connectivity index (χ2v) is 6.72. The Labute approximate surface area is 180 Å². The van der Waals surface area contributed by atoms with E-state index in [0.717, 1.165) is 69.7 Å². The fourth-order valence-corrected chi connectivity index (χ4v) is 2.75. The summed E-state index contributed by atoms with van der Waals surface area (Å²) in [5, 5.41) is 6.61. The molecule has 0 bridgehead atoms. The minimum absolute atomic E-state index is 0. The first-order valence-corrected chi connectivity index (χ1v) is 9.42. The normalized spacial score (nSPS) is 15.1. The summed E-state index contributed by atoms with van der Waals surface area (Å²) in [5.74, 6) is 2.40. The maximum atomic E-state index is 5.78. The van der Waals surface area contributed by atoms with E-state index in [1.165, 1.54) is 0 Å². The Morgan fingerprint density at radius 3 is 2.78 bits per heavy atom. The Kier molecular flexibility index (Phi) is 12.4. The van der Waals surface area contributed by atoms with E-state index in [9.17, 15) is 0 Å². The van der Waals surface area contributed by atoms with Crippen molar-refractivity contribution in [2.75, 3.05) is 59.0 Å². The summed E-state index contributed by atoms with van der Waals surface area (Å²) in [6, 6.07) is 6.03. The molecule has 0 saturated carbocycles. The van der Waals surface area contributed by atoms with E-state index >= 15 is 0 Å². The number of nitrogens with zero attached hydrogens (tertiary/aromatic N) is 3. The highest BCUT2D eigenvalue weighted by atomic mass is 127. The molecule has 1 saturated heterocycles. The molecule has 1 fully saturated rings. The molecule has 2 N–H and O–H groups in total. The van der Waals surface area contributed by atoms with Gasteiger partial charge in [0, 0.05) is 54.1 Å². The zero-order valence-electron chi connectivity index (χ0n) is 16.7. The van der Waals surface area contributed by atoms with Crippen molar-refractivity contribution in [3.05, 3.63) is 23.9 Å². The summed E-state index contributed by atoms with van der Waals surface area (Å²) in [6.45, 7) is 4.85. The number of rotatable bonds is 9. The van der Waals surface area contributed by atoms with Gasteiger partial charge in [0.2, 0.25) is 0 Å². The lowest BCUT2D eigenvalue weighted by molar-refractivity contribution is 0.0203. The molecule has 1 aliphatic heterocycles. The second-order valence-electron chi connectivity index (χ2n) is 6.72. The predicted molar refractivity (Wildman–Crippen MR) is 121 cm³/mol. The van der Waals surface area contributed by atoms with Crippen molar-refractivity contribution in [2.45, 2.75) is 25.8 Å². The van der Waals surface area contributed by atoms with E-state index in [4.69, 9.17) is 9.47 Å². The molecule has 1 aromatic heterocycles. The number of halogens is 1. The quantitative estimate of drug-likeness (QED) is 0.239. The highest BCUT2D eigenvalue weighted by Gasteiger charge is 2.13. The minimum atomic E-state index is 0. The Morgan fingerprint density at radius 2 is 2.07 bits per heavy atom. The van der Waals surface area contributed by atoms with Gasteiger partial charge in [0.25, 0.3) is 0 Å². The third kappa shape index (κ3) is 9.57. The van der Waals surface area contributed by atoms with E-state index in [2.05, 4.69) is 20.6 Å². The van der Waals surface area contributed by atoms with Crippen molar-refractivity contribution in [1.82, 2.24) is 15.6 Å². The highest BCUT2D eigenvalue weighted by Crippen LogP contribution is 2.14. The van der Waals surface area contributed by atoms with Crippen molar-refractivity contribution in [3.63, 3.8) is 0 Å². The van der Waals surface area contributed by atoms with Crippen LogP contribution in [0.4, 0.5) is 5.82 Å². The molecule has 1 aromatic rings. The highest BCUT2D eigenvalue weighted by molar-refractivity contribution is 14.0. The molecular weight excluding hydrogens is 457 g/mol. The van der Waals surface area contributed by atoms with Crippen LogP contribution in [0.3, 0.4) is 0 Å². The van der Waals surface area contributed by atoms with E-state index in [1.807, 2.05) is 37.2 Å². The molecule has 27 heavy (non-hydrogen) atoms. The van der Waals surface area contributed by atoms with Gasteiger partial charge in [-0.15, -0.1) is 24.0 Å². The number of ether oxygens (including phenoxy) is 2. The van der Waals surface area contributed by atoms with E-state index in [1.54, 1.807) is 7.05 Å². The molecule has 0 aromatic carbocycles. The number of anilines is 1. The van der Waals surface area contributed by atoms with Gasteiger partial charge in [-0.3, -0.25) is 4.99 Å². The second kappa shape index (κ2) is 14.0. The molecule has 8 heteroatoms. The summed E-state index contributed by atoms with van der Waals surface area (Å²) in [4.78, 5) is 10.8. The fourth-order valence-electron chi connectivity index (χ4n) is 2.75. The van der Waals surface area contributed by atoms with Gasteiger partial charge in [-0.25, -0.2) is 4.98 Å². The van der Waals surface area contributed by atoms with Crippen LogP contribution in [0, 0.1) is 5.92 Å². The SMILES string of the molecule is CN=C(NCCCOCC1CCOCC1)NCc1cccc(N(C)C)n1.I. The first kappa shape index (κ1) is 23.9. The van der Waals surface area contributed by atoms with Crippen LogP contribution in [0.5, 0.6) is 0 Å². The average molecular weight is 491 g/mol. The molecule has 0 radical (unpaired) electrons. The summed E-state index contributed by atoms with van der Waals surface area (Å²) < 4.78 is 11.1. The lowest BCUT2D eigenvalue weighted by atomic mass is 10.0. The average Bonchev–Trinajstić information content (AvgIpc) is 2.68. The van der Waals surface area contributed by atoms with Gasteiger partial charge in [-0.05, 0) is 37.3 Å². The molecule has 154 valence electrons. The molecule has 0 aliphatic carbocycles. The Morgan fingerprint density at radius 1 is 1.30 bits per heavy atom. The Hall–Kier alpha value is -1.13. The molecule has 0 atom stereocenters. The first-order valence-electron chi connectivity index (χ1n) is 9.42. The van der Waals surface area contributed by atoms with Gasteiger partial charge in [0.15, 0.2) is 5.96 Å². The number of aliphatic imine (C=N–C) groups is 1. The smallest absolute Gasteiger partial charge is 0.191 e. The Balaban J connectivity index is 0.00000364. The van der Waals surface area contributed by atoms with Crippen LogP contribution in [0.15, 0.2) is 23.2 Å².